The van der Waals surface area contributed by atoms with Crippen molar-refractivity contribution >= 4 is 41.3 Å². The zero-order valence-electron chi connectivity index (χ0n) is 46.6. The van der Waals surface area contributed by atoms with Crippen LogP contribution in [0.2, 0.25) is 0 Å². The van der Waals surface area contributed by atoms with Gasteiger partial charge in [0.05, 0.1) is 37.8 Å². The van der Waals surface area contributed by atoms with Crippen LogP contribution >= 0.6 is 0 Å². The Labute approximate surface area is 448 Å². The number of cyclic esters (lactones) is 1. The van der Waals surface area contributed by atoms with Crippen LogP contribution in [0.3, 0.4) is 0 Å². The van der Waals surface area contributed by atoms with Crippen LogP contribution in [0.15, 0.2) is 47.6 Å². The number of rotatable bonds is 10. The lowest BCUT2D eigenvalue weighted by molar-refractivity contribution is -0.306. The minimum absolute atomic E-state index is 0.0201. The molecule has 0 radical (unpaired) electrons. The quantitative estimate of drug-likeness (QED) is 0.0576. The van der Waals surface area contributed by atoms with E-state index < -0.39 is 108 Å². The Morgan fingerprint density at radius 1 is 0.908 bits per heavy atom. The smallest absolute Gasteiger partial charge is 0.434 e. The molecule has 4 aliphatic rings. The molecule has 0 spiro atoms. The summed E-state index contributed by atoms with van der Waals surface area (Å²) in [6.07, 6.45) is 8.07. The first kappa shape index (κ1) is 63.9. The van der Waals surface area contributed by atoms with Gasteiger partial charge in [-0.15, -0.1) is 0 Å². The normalized spacial score (nSPS) is 36.1. The minimum Gasteiger partial charge on any atom is -0.460 e. The lowest BCUT2D eigenvalue weighted by atomic mass is 9.75. The molecule has 1 saturated carbocycles. The number of Topliss-reactive ketones (excluding diaryl/α,β-unsaturated/α-hetero) is 3. The zero-order valence-corrected chi connectivity index (χ0v) is 46.6. The highest BCUT2D eigenvalue weighted by Crippen LogP contribution is 2.39. The SMILES string of the molecule is CCCOC(=O)N(O)[C@@H]1C[C@@H]2CC[C@@H](C)[C@@](O)(O2)C(=O)C(=O)N2CCCC[C@H]2C(=O)O[C@H]([C@H](C)C[C@@H]2CC[C@@H](C(=O)ON(C)O)[C@H](OC)C2)CC(=O)[C@H](C)/C=C(\C)[C@@H](O)[C@@H](OC)C(=O)[C@H](C)C[C@H](C)/C=C/C=C/C=C/1C. The molecule has 20 nitrogen and oxygen atoms in total. The minimum atomic E-state index is -2.64. The fourth-order valence-electron chi connectivity index (χ4n) is 11.0. The summed E-state index contributed by atoms with van der Waals surface area (Å²) in [5.41, 5.74) is 0.820. The Kier molecular flexibility index (Phi) is 25.1. The van der Waals surface area contributed by atoms with Gasteiger partial charge in [0, 0.05) is 51.4 Å². The van der Waals surface area contributed by atoms with Gasteiger partial charge in [0.15, 0.2) is 5.78 Å². The number of carbonyl (C=O) groups is 7. The summed E-state index contributed by atoms with van der Waals surface area (Å²) >= 11 is 0. The molecule has 15 atom stereocenters. The Bertz CT molecular complexity index is 2120. The summed E-state index contributed by atoms with van der Waals surface area (Å²) in [7, 11) is 4.00. The number of allylic oxidation sites excluding steroid dienone is 6. The van der Waals surface area contributed by atoms with Gasteiger partial charge in [-0.2, -0.15) is 5.06 Å². The molecule has 76 heavy (non-hydrogen) atoms. The topological polar surface area (TPSA) is 266 Å². The first-order chi connectivity index (χ1) is 35.9. The van der Waals surface area contributed by atoms with Crippen molar-refractivity contribution < 1.29 is 82.7 Å². The van der Waals surface area contributed by atoms with Crippen LogP contribution < -0.4 is 0 Å². The van der Waals surface area contributed by atoms with Gasteiger partial charge in [-0.3, -0.25) is 29.6 Å². The molecule has 2 bridgehead atoms. The maximum Gasteiger partial charge on any atom is 0.434 e. The number of carbonyl (C=O) groups excluding carboxylic acids is 7. The van der Waals surface area contributed by atoms with Crippen LogP contribution in [0.25, 0.3) is 0 Å². The summed E-state index contributed by atoms with van der Waals surface area (Å²) in [6.45, 7) is 13.9. The van der Waals surface area contributed by atoms with Crippen LogP contribution in [-0.4, -0.2) is 160 Å². The Morgan fingerprint density at radius 2 is 1.62 bits per heavy atom. The molecule has 4 N–H and O–H groups in total. The highest BCUT2D eigenvalue weighted by atomic mass is 16.9. The van der Waals surface area contributed by atoms with Crippen LogP contribution in [0, 0.1) is 41.4 Å². The van der Waals surface area contributed by atoms with Crippen LogP contribution in [0.5, 0.6) is 0 Å². The van der Waals surface area contributed by atoms with E-state index >= 15 is 0 Å². The Balaban J connectivity index is 1.75. The van der Waals surface area contributed by atoms with Gasteiger partial charge in [-0.05, 0) is 119 Å². The number of esters is 1. The molecule has 3 fully saturated rings. The number of ether oxygens (including phenoxy) is 5. The third-order valence-corrected chi connectivity index (χ3v) is 15.7. The van der Waals surface area contributed by atoms with Gasteiger partial charge in [0.1, 0.15) is 30.1 Å². The summed E-state index contributed by atoms with van der Waals surface area (Å²) in [6, 6.07) is -2.33. The van der Waals surface area contributed by atoms with Gasteiger partial charge in [0.2, 0.25) is 5.79 Å². The molecule has 4 rings (SSSR count). The molecular weight excluding hydrogens is 987 g/mol. The summed E-state index contributed by atoms with van der Waals surface area (Å²) in [4.78, 5) is 104. The molecule has 0 aromatic heterocycles. The van der Waals surface area contributed by atoms with Crippen molar-refractivity contribution in [1.82, 2.24) is 15.2 Å². The zero-order chi connectivity index (χ0) is 56.6. The van der Waals surface area contributed by atoms with Crippen molar-refractivity contribution in [1.29, 1.82) is 0 Å². The van der Waals surface area contributed by atoms with E-state index in [0.717, 1.165) is 4.90 Å². The van der Waals surface area contributed by atoms with Crippen LogP contribution in [-0.2, 0) is 57.3 Å². The summed E-state index contributed by atoms with van der Waals surface area (Å²) < 4.78 is 29.0. The number of hydrogen-bond donors (Lipinski definition) is 4. The Morgan fingerprint density at radius 3 is 2.28 bits per heavy atom. The second-order valence-electron chi connectivity index (χ2n) is 21.8. The molecule has 2 amide bonds. The van der Waals surface area contributed by atoms with Crippen molar-refractivity contribution in [3.05, 3.63) is 47.6 Å². The van der Waals surface area contributed by atoms with Gasteiger partial charge in [0.25, 0.3) is 11.7 Å². The third kappa shape index (κ3) is 17.2. The van der Waals surface area contributed by atoms with E-state index in [4.69, 9.17) is 28.5 Å². The molecule has 0 aromatic rings. The number of aliphatic hydroxyl groups is 2. The van der Waals surface area contributed by atoms with Gasteiger partial charge in [-0.25, -0.2) is 14.4 Å². The lowest BCUT2D eigenvalue weighted by Crippen LogP contribution is -2.61. The number of amides is 2. The van der Waals surface area contributed by atoms with E-state index in [0.29, 0.717) is 79.2 Å². The Hall–Kier alpha value is -4.67. The molecule has 20 heteroatoms. The number of piperidine rings is 1. The van der Waals surface area contributed by atoms with E-state index in [2.05, 4.69) is 0 Å². The average molecular weight is 1070 g/mol. The predicted octanol–water partition coefficient (Wildman–Crippen LogP) is 6.81. The third-order valence-electron chi connectivity index (χ3n) is 15.7. The van der Waals surface area contributed by atoms with Gasteiger partial charge in [-0.1, -0.05) is 78.0 Å². The number of nitrogens with zero attached hydrogens (tertiary/aromatic N) is 3. The van der Waals surface area contributed by atoms with E-state index in [-0.39, 0.29) is 62.2 Å². The number of aliphatic hydroxyl groups excluding tert-OH is 1. The standard InChI is InChI=1S/C56H87N3O17/c1-12-26-73-55(67)59(70)44-31-41-23-21-39(8)56(68,75-41)51(63)52(64)58-25-17-16-20-43(58)54(66)74-46(36(5)29-40-22-24-42(47(30-40)71-10)53(65)76-57(9)69)32-45(60)35(4)28-38(7)49(62)50(72-11)48(61)37(6)27-33(2)18-14-13-15-19-34(44)3/h13-15,18-19,28,33,35-37,39-44,46-47,49-50,62,68-70H,12,16-17,20-27,29-32H2,1-11H3/b15-13+,18-14+,34-19+,38-28+/t33-,35-,36-,37-,39-,40+,41+,42-,43+,44-,46+,47-,49-,50+,56-/m1/s1. The van der Waals surface area contributed by atoms with Crippen molar-refractivity contribution in [2.45, 2.75) is 187 Å². The monoisotopic (exact) mass is 1070 g/mol. The number of fused-ring (bicyclic) bond motifs is 3. The fourth-order valence-corrected chi connectivity index (χ4v) is 11.0. The number of hydroxylamine groups is 4. The lowest BCUT2D eigenvalue weighted by Gasteiger charge is -2.43. The molecule has 2 saturated heterocycles. The second-order valence-corrected chi connectivity index (χ2v) is 21.8. The predicted molar refractivity (Wildman–Crippen MR) is 277 cm³/mol. The number of hydrogen-bond acceptors (Lipinski definition) is 18. The van der Waals surface area contributed by atoms with E-state index in [1.807, 2.05) is 19.9 Å². The molecule has 428 valence electrons. The highest BCUT2D eigenvalue weighted by molar-refractivity contribution is 6.39. The largest absolute Gasteiger partial charge is 0.460 e. The average Bonchev–Trinajstić information content (AvgIpc) is 3.38. The van der Waals surface area contributed by atoms with Crippen molar-refractivity contribution in [2.24, 2.45) is 41.4 Å². The van der Waals surface area contributed by atoms with Crippen molar-refractivity contribution in [3.63, 3.8) is 0 Å². The van der Waals surface area contributed by atoms with E-state index in [1.54, 1.807) is 71.9 Å². The molecule has 3 heterocycles. The maximum absolute atomic E-state index is 14.6. The molecule has 0 aromatic carbocycles. The molecule has 3 aliphatic heterocycles. The number of ketones is 3. The van der Waals surface area contributed by atoms with E-state index in [9.17, 15) is 54.2 Å². The second kappa shape index (κ2) is 29.9. The molecule has 0 unspecified atom stereocenters. The maximum atomic E-state index is 14.6. The van der Waals surface area contributed by atoms with E-state index in [1.165, 1.54) is 21.3 Å². The first-order valence-corrected chi connectivity index (χ1v) is 27.1. The van der Waals surface area contributed by atoms with Gasteiger partial charge >= 0.3 is 18.0 Å². The van der Waals surface area contributed by atoms with Gasteiger partial charge < -0.3 is 43.6 Å². The van der Waals surface area contributed by atoms with Crippen molar-refractivity contribution in [3.8, 4) is 0 Å². The first-order valence-electron chi connectivity index (χ1n) is 27.1. The summed E-state index contributed by atoms with van der Waals surface area (Å²) in [5.74, 6) is -10.8. The van der Waals surface area contributed by atoms with Crippen molar-refractivity contribution in [2.75, 3.05) is 34.4 Å². The van der Waals surface area contributed by atoms with Crippen LogP contribution in [0.1, 0.15) is 139 Å². The summed E-state index contributed by atoms with van der Waals surface area (Å²) in [5, 5.41) is 45.3. The number of methoxy groups -OCH3 is 2. The highest BCUT2D eigenvalue weighted by Gasteiger charge is 2.53. The molecular formula is C56H87N3O17. The van der Waals surface area contributed by atoms with Crippen LogP contribution in [0.4, 0.5) is 4.79 Å². The molecule has 1 aliphatic carbocycles. The fraction of sp³-hybridized carbons (Fsp3) is 0.732.